The van der Waals surface area contributed by atoms with Crippen LogP contribution < -0.4 is 5.73 Å². The molecule has 2 amide bonds. The number of guanidine groups is 1. The molecular weight excluding hydrogens is 517 g/mol. The van der Waals surface area contributed by atoms with Crippen molar-refractivity contribution < 1.29 is 22.8 Å². The number of aliphatic imine (C=N–C) groups is 1. The summed E-state index contributed by atoms with van der Waals surface area (Å²) in [6.07, 6.45) is 0. The summed E-state index contributed by atoms with van der Waals surface area (Å²) in [6.45, 7) is 0.0776. The number of nitrogens with two attached hydrogens (primary N) is 1. The van der Waals surface area contributed by atoms with Crippen molar-refractivity contribution in [3.63, 3.8) is 0 Å². The molecule has 202 valence electrons. The average Bonchev–Trinajstić information content (AvgIpc) is 3.20. The van der Waals surface area contributed by atoms with Crippen LogP contribution in [-0.2, 0) is 23.4 Å². The molecule has 0 unspecified atom stereocenters. The zero-order chi connectivity index (χ0) is 28.4. The van der Waals surface area contributed by atoms with Gasteiger partial charge in [-0.3, -0.25) is 14.5 Å². The highest BCUT2D eigenvalue weighted by atomic mass is 19.1. The Labute approximate surface area is 229 Å². The lowest BCUT2D eigenvalue weighted by molar-refractivity contribution is -0.130. The van der Waals surface area contributed by atoms with Gasteiger partial charge >= 0.3 is 0 Å². The lowest BCUT2D eigenvalue weighted by Gasteiger charge is -2.27. The van der Waals surface area contributed by atoms with E-state index in [0.717, 1.165) is 0 Å². The molecule has 0 radical (unpaired) electrons. The fraction of sp³-hybridized carbons (Fsp3) is 0.129. The minimum absolute atomic E-state index is 0.00352. The van der Waals surface area contributed by atoms with Gasteiger partial charge in [0, 0.05) is 24.7 Å². The molecule has 4 aromatic carbocycles. The van der Waals surface area contributed by atoms with Gasteiger partial charge in [0.25, 0.3) is 11.8 Å². The summed E-state index contributed by atoms with van der Waals surface area (Å²) in [7, 11) is 1.58. The predicted octanol–water partition coefficient (Wildman–Crippen LogP) is 4.98. The summed E-state index contributed by atoms with van der Waals surface area (Å²) < 4.78 is 41.6. The molecule has 40 heavy (non-hydrogen) atoms. The Hall–Kier alpha value is -4.92. The first-order valence-corrected chi connectivity index (χ1v) is 12.5. The topological polar surface area (TPSA) is 79.0 Å². The minimum Gasteiger partial charge on any atom is -0.369 e. The Bertz CT molecular complexity index is 1560. The zero-order valence-corrected chi connectivity index (χ0v) is 21.5. The molecule has 9 heteroatoms. The lowest BCUT2D eigenvalue weighted by atomic mass is 9.82. The summed E-state index contributed by atoms with van der Waals surface area (Å²) in [5, 5.41) is 0. The van der Waals surface area contributed by atoms with Crippen LogP contribution in [0.25, 0.3) is 0 Å². The third-order valence-electron chi connectivity index (χ3n) is 6.86. The molecule has 0 spiro atoms. The highest BCUT2D eigenvalue weighted by Gasteiger charge is 2.50. The molecule has 1 aliphatic rings. The molecule has 0 aromatic heterocycles. The van der Waals surface area contributed by atoms with Gasteiger partial charge in [-0.2, -0.15) is 0 Å². The van der Waals surface area contributed by atoms with E-state index in [-0.39, 0.29) is 25.0 Å². The number of amides is 2. The lowest BCUT2D eigenvalue weighted by Crippen LogP contribution is -2.43. The second-order valence-corrected chi connectivity index (χ2v) is 9.54. The molecule has 0 atom stereocenters. The van der Waals surface area contributed by atoms with Gasteiger partial charge in [0.05, 0.1) is 6.54 Å². The molecule has 0 fully saturated rings. The fourth-order valence-electron chi connectivity index (χ4n) is 4.82. The largest absolute Gasteiger partial charge is 0.369 e. The van der Waals surface area contributed by atoms with Crippen LogP contribution in [0.15, 0.2) is 102 Å². The maximum atomic E-state index is 14.1. The Morgan fingerprint density at radius 1 is 0.875 bits per heavy atom. The second-order valence-electron chi connectivity index (χ2n) is 9.54. The smallest absolute Gasteiger partial charge is 0.266 e. The number of hydrogen-bond donors (Lipinski definition) is 1. The van der Waals surface area contributed by atoms with E-state index in [1.54, 1.807) is 49.5 Å². The summed E-state index contributed by atoms with van der Waals surface area (Å²) in [6, 6.07) is 23.6. The van der Waals surface area contributed by atoms with Crippen molar-refractivity contribution in [3.8, 4) is 0 Å². The minimum atomic E-state index is -1.64. The Morgan fingerprint density at radius 2 is 1.48 bits per heavy atom. The molecule has 5 rings (SSSR count). The molecular formula is C31H25F3N4O2. The maximum absolute atomic E-state index is 14.1. The van der Waals surface area contributed by atoms with Crippen molar-refractivity contribution in [2.45, 2.75) is 18.6 Å². The highest BCUT2D eigenvalue weighted by molar-refractivity contribution is 6.09. The third kappa shape index (κ3) is 4.93. The fourth-order valence-corrected chi connectivity index (χ4v) is 4.82. The van der Waals surface area contributed by atoms with E-state index in [1.165, 1.54) is 64.4 Å². The van der Waals surface area contributed by atoms with Gasteiger partial charge in [-0.05, 0) is 59.2 Å². The highest BCUT2D eigenvalue weighted by Crippen LogP contribution is 2.40. The van der Waals surface area contributed by atoms with E-state index in [9.17, 15) is 22.8 Å². The van der Waals surface area contributed by atoms with Crippen LogP contribution in [0.5, 0.6) is 0 Å². The number of halogens is 3. The van der Waals surface area contributed by atoms with Crippen LogP contribution in [0.2, 0.25) is 0 Å². The van der Waals surface area contributed by atoms with Gasteiger partial charge in [0.2, 0.25) is 0 Å². The zero-order valence-electron chi connectivity index (χ0n) is 21.5. The van der Waals surface area contributed by atoms with Crippen molar-refractivity contribution in [1.82, 2.24) is 9.80 Å². The first-order chi connectivity index (χ1) is 19.2. The molecule has 0 saturated carbocycles. The van der Waals surface area contributed by atoms with Crippen molar-refractivity contribution in [2.24, 2.45) is 10.7 Å². The van der Waals surface area contributed by atoms with Crippen LogP contribution in [0.3, 0.4) is 0 Å². The molecule has 2 N–H and O–H groups in total. The number of hydrogen-bond acceptors (Lipinski definition) is 4. The second kappa shape index (κ2) is 10.7. The molecule has 1 heterocycles. The van der Waals surface area contributed by atoms with E-state index < -0.39 is 28.9 Å². The molecule has 0 bridgehead atoms. The van der Waals surface area contributed by atoms with Crippen LogP contribution in [0.4, 0.5) is 13.2 Å². The van der Waals surface area contributed by atoms with Crippen LogP contribution in [0.1, 0.15) is 32.6 Å². The van der Waals surface area contributed by atoms with Gasteiger partial charge in [-0.1, -0.05) is 54.6 Å². The Balaban J connectivity index is 1.43. The van der Waals surface area contributed by atoms with E-state index in [2.05, 4.69) is 4.99 Å². The predicted molar refractivity (Wildman–Crippen MR) is 144 cm³/mol. The normalized spacial score (nSPS) is 14.2. The third-order valence-corrected chi connectivity index (χ3v) is 6.86. The number of carbonyl (C=O) groups is 2. The molecule has 0 saturated heterocycles. The van der Waals surface area contributed by atoms with E-state index in [0.29, 0.717) is 27.8 Å². The summed E-state index contributed by atoms with van der Waals surface area (Å²) in [5.74, 6) is -2.28. The van der Waals surface area contributed by atoms with Crippen LogP contribution >= 0.6 is 0 Å². The SMILES string of the molecule is CN(Cc1ccccc1F)C(=O)c1cccc(CN2C(=O)C(c3ccc(F)cc3)(c3ccc(F)cc3)N=C2N)c1. The van der Waals surface area contributed by atoms with Crippen molar-refractivity contribution in [3.05, 3.63) is 142 Å². The van der Waals surface area contributed by atoms with Gasteiger partial charge in [0.1, 0.15) is 17.5 Å². The maximum Gasteiger partial charge on any atom is 0.266 e. The van der Waals surface area contributed by atoms with Crippen molar-refractivity contribution >= 4 is 17.8 Å². The van der Waals surface area contributed by atoms with Crippen LogP contribution in [0, 0.1) is 17.5 Å². The Kier molecular flexibility index (Phi) is 7.13. The van der Waals surface area contributed by atoms with E-state index >= 15 is 0 Å². The van der Waals surface area contributed by atoms with Crippen molar-refractivity contribution in [1.29, 1.82) is 0 Å². The molecule has 4 aromatic rings. The molecule has 6 nitrogen and oxygen atoms in total. The van der Waals surface area contributed by atoms with Gasteiger partial charge in [-0.25, -0.2) is 18.2 Å². The van der Waals surface area contributed by atoms with Gasteiger partial charge in [-0.15, -0.1) is 0 Å². The molecule has 1 aliphatic heterocycles. The van der Waals surface area contributed by atoms with Crippen molar-refractivity contribution in [2.75, 3.05) is 7.05 Å². The molecule has 0 aliphatic carbocycles. The summed E-state index contributed by atoms with van der Waals surface area (Å²) in [5.41, 5.74) is 6.71. The number of benzene rings is 4. The van der Waals surface area contributed by atoms with Gasteiger partial charge in [0.15, 0.2) is 11.5 Å². The summed E-state index contributed by atoms with van der Waals surface area (Å²) >= 11 is 0. The number of rotatable bonds is 7. The van der Waals surface area contributed by atoms with Gasteiger partial charge < -0.3 is 10.6 Å². The Morgan fingerprint density at radius 3 is 2.08 bits per heavy atom. The van der Waals surface area contributed by atoms with E-state index in [4.69, 9.17) is 5.73 Å². The quantitative estimate of drug-likeness (QED) is 0.358. The first kappa shape index (κ1) is 26.7. The first-order valence-electron chi connectivity index (χ1n) is 12.5. The van der Waals surface area contributed by atoms with Crippen LogP contribution in [-0.4, -0.2) is 34.6 Å². The number of nitrogens with zero attached hydrogens (tertiary/aromatic N) is 3. The van der Waals surface area contributed by atoms with E-state index in [1.807, 2.05) is 0 Å². The monoisotopic (exact) mass is 542 g/mol. The number of carbonyl (C=O) groups excluding carboxylic acids is 2. The summed E-state index contributed by atoms with van der Waals surface area (Å²) in [4.78, 5) is 34.3. The average molecular weight is 543 g/mol. The standard InChI is InChI=1S/C31H25F3N4O2/c1-37(19-22-6-2-3-8-27(22)34)28(39)21-7-4-5-20(17-21)18-38-29(40)31(36-30(38)35,23-9-13-25(32)14-10-23)24-11-15-26(33)16-12-24/h2-17H,18-19H2,1H3,(H2,35,36).